The summed E-state index contributed by atoms with van der Waals surface area (Å²) in [6.45, 7) is 2.75. The molecule has 1 aliphatic rings. The van der Waals surface area contributed by atoms with Gasteiger partial charge in [0.15, 0.2) is 5.82 Å². The molecule has 0 amide bonds. The lowest BCUT2D eigenvalue weighted by Crippen LogP contribution is -2.19. The Hall–Kier alpha value is -1.88. The number of nitrogens with zero attached hydrogens (tertiary/aromatic N) is 2. The summed E-state index contributed by atoms with van der Waals surface area (Å²) in [7, 11) is 1.69. The Morgan fingerprint density at radius 3 is 2.83 bits per heavy atom. The quantitative estimate of drug-likeness (QED) is 0.874. The summed E-state index contributed by atoms with van der Waals surface area (Å²) in [5.41, 5.74) is 1.12. The maximum atomic E-state index is 5.47. The lowest BCUT2D eigenvalue weighted by Gasteiger charge is -2.17. The van der Waals surface area contributed by atoms with E-state index in [0.29, 0.717) is 18.4 Å². The van der Waals surface area contributed by atoms with Crippen molar-refractivity contribution < 1.29 is 9.26 Å². The number of rotatable bonds is 6. The highest BCUT2D eigenvalue weighted by atomic mass is 16.5. The van der Waals surface area contributed by atoms with Gasteiger partial charge in [-0.15, -0.1) is 0 Å². The van der Waals surface area contributed by atoms with Crippen molar-refractivity contribution in [3.8, 4) is 5.75 Å². The number of hydrogen-bond donors (Lipinski definition) is 1. The number of hydrogen-bond acceptors (Lipinski definition) is 5. The molecule has 1 unspecified atom stereocenters. The van der Waals surface area contributed by atoms with Crippen molar-refractivity contribution in [1.82, 2.24) is 15.5 Å². The largest absolute Gasteiger partial charge is 0.496 e. The molecule has 1 atom stereocenters. The molecule has 5 nitrogen and oxygen atoms in total. The van der Waals surface area contributed by atoms with Crippen LogP contribution in [0.15, 0.2) is 28.8 Å². The highest BCUT2D eigenvalue weighted by Gasteiger charge is 2.22. The average molecular weight is 315 g/mol. The second kappa shape index (κ2) is 7.59. The normalized spacial score (nSPS) is 17.1. The SMILES string of the molecule is COc1ccccc1CNC(C)c1nc(C2CCCCC2)no1. The van der Waals surface area contributed by atoms with Crippen LogP contribution in [-0.4, -0.2) is 17.3 Å². The minimum Gasteiger partial charge on any atom is -0.496 e. The summed E-state index contributed by atoms with van der Waals surface area (Å²) in [4.78, 5) is 4.62. The van der Waals surface area contributed by atoms with Crippen molar-refractivity contribution in [3.63, 3.8) is 0 Å². The molecule has 3 rings (SSSR count). The molecule has 0 aliphatic heterocycles. The summed E-state index contributed by atoms with van der Waals surface area (Å²) >= 11 is 0. The van der Waals surface area contributed by atoms with E-state index in [2.05, 4.69) is 21.5 Å². The van der Waals surface area contributed by atoms with E-state index in [4.69, 9.17) is 9.26 Å². The Morgan fingerprint density at radius 1 is 1.26 bits per heavy atom. The number of benzene rings is 1. The summed E-state index contributed by atoms with van der Waals surface area (Å²) in [5.74, 6) is 2.91. The minimum atomic E-state index is 0.0183. The smallest absolute Gasteiger partial charge is 0.243 e. The highest BCUT2D eigenvalue weighted by molar-refractivity contribution is 5.33. The second-order valence-corrected chi connectivity index (χ2v) is 6.24. The number of ether oxygens (including phenoxy) is 1. The van der Waals surface area contributed by atoms with Crippen LogP contribution in [0.25, 0.3) is 0 Å². The molecule has 0 saturated heterocycles. The van der Waals surface area contributed by atoms with Crippen LogP contribution in [0.1, 0.15) is 68.3 Å². The number of para-hydroxylation sites is 1. The first-order valence-electron chi connectivity index (χ1n) is 8.46. The molecule has 1 aromatic heterocycles. The minimum absolute atomic E-state index is 0.0183. The van der Waals surface area contributed by atoms with Gasteiger partial charge in [0.2, 0.25) is 5.89 Å². The van der Waals surface area contributed by atoms with Crippen molar-refractivity contribution in [1.29, 1.82) is 0 Å². The summed E-state index contributed by atoms with van der Waals surface area (Å²) in [6, 6.07) is 8.03. The monoisotopic (exact) mass is 315 g/mol. The van der Waals surface area contributed by atoms with E-state index in [0.717, 1.165) is 17.1 Å². The van der Waals surface area contributed by atoms with E-state index >= 15 is 0 Å². The molecule has 5 heteroatoms. The fourth-order valence-corrected chi connectivity index (χ4v) is 3.15. The van der Waals surface area contributed by atoms with E-state index in [9.17, 15) is 0 Å². The van der Waals surface area contributed by atoms with Crippen LogP contribution in [0.4, 0.5) is 0 Å². The van der Waals surface area contributed by atoms with Gasteiger partial charge in [0.1, 0.15) is 5.75 Å². The van der Waals surface area contributed by atoms with Gasteiger partial charge in [-0.1, -0.05) is 42.6 Å². The van der Waals surface area contributed by atoms with Gasteiger partial charge in [0, 0.05) is 18.0 Å². The third-order valence-electron chi connectivity index (χ3n) is 4.59. The fraction of sp³-hybridized carbons (Fsp3) is 0.556. The predicted molar refractivity (Wildman–Crippen MR) is 88.4 cm³/mol. The standard InChI is InChI=1S/C18H25N3O2/c1-13(19-12-15-10-6-7-11-16(15)22-2)18-20-17(21-23-18)14-8-4-3-5-9-14/h6-7,10-11,13-14,19H,3-5,8-9,12H2,1-2H3. The molecule has 1 fully saturated rings. The topological polar surface area (TPSA) is 60.2 Å². The Labute approximate surface area is 137 Å². The van der Waals surface area contributed by atoms with Gasteiger partial charge < -0.3 is 14.6 Å². The molecule has 23 heavy (non-hydrogen) atoms. The summed E-state index contributed by atoms with van der Waals surface area (Å²) in [5, 5.41) is 7.63. The van der Waals surface area contributed by atoms with Crippen LogP contribution in [-0.2, 0) is 6.54 Å². The molecular formula is C18H25N3O2. The van der Waals surface area contributed by atoms with Gasteiger partial charge in [-0.2, -0.15) is 4.98 Å². The lowest BCUT2D eigenvalue weighted by atomic mass is 9.89. The van der Waals surface area contributed by atoms with Gasteiger partial charge in [-0.25, -0.2) is 0 Å². The molecule has 1 N–H and O–H groups in total. The molecule has 0 radical (unpaired) electrons. The summed E-state index contributed by atoms with van der Waals surface area (Å²) < 4.78 is 10.8. The number of methoxy groups -OCH3 is 1. The first-order valence-corrected chi connectivity index (χ1v) is 8.46. The second-order valence-electron chi connectivity index (χ2n) is 6.24. The molecular weight excluding hydrogens is 290 g/mol. The van der Waals surface area contributed by atoms with Crippen LogP contribution in [0, 0.1) is 0 Å². The molecule has 1 aromatic carbocycles. The zero-order valence-electron chi connectivity index (χ0n) is 13.9. The number of nitrogens with one attached hydrogen (secondary N) is 1. The van der Waals surface area contributed by atoms with Crippen LogP contribution >= 0.6 is 0 Å². The maximum absolute atomic E-state index is 5.47. The molecule has 1 saturated carbocycles. The van der Waals surface area contributed by atoms with Crippen molar-refractivity contribution in [2.75, 3.05) is 7.11 Å². The Bertz CT molecular complexity index is 620. The molecule has 1 aliphatic carbocycles. The van der Waals surface area contributed by atoms with Gasteiger partial charge >= 0.3 is 0 Å². The molecule has 124 valence electrons. The van der Waals surface area contributed by atoms with Crippen LogP contribution in [0.5, 0.6) is 5.75 Å². The first kappa shape index (κ1) is 16.0. The lowest BCUT2D eigenvalue weighted by molar-refractivity contribution is 0.328. The van der Waals surface area contributed by atoms with Crippen molar-refractivity contribution in [3.05, 3.63) is 41.5 Å². The Morgan fingerprint density at radius 2 is 2.04 bits per heavy atom. The zero-order chi connectivity index (χ0) is 16.1. The fourth-order valence-electron chi connectivity index (χ4n) is 3.15. The van der Waals surface area contributed by atoms with E-state index in [-0.39, 0.29) is 6.04 Å². The van der Waals surface area contributed by atoms with Crippen LogP contribution in [0.3, 0.4) is 0 Å². The maximum Gasteiger partial charge on any atom is 0.243 e. The Balaban J connectivity index is 1.60. The highest BCUT2D eigenvalue weighted by Crippen LogP contribution is 2.31. The first-order chi connectivity index (χ1) is 11.3. The van der Waals surface area contributed by atoms with Crippen molar-refractivity contribution in [2.24, 2.45) is 0 Å². The number of aromatic nitrogens is 2. The summed E-state index contributed by atoms with van der Waals surface area (Å²) in [6.07, 6.45) is 6.24. The van der Waals surface area contributed by atoms with Crippen LogP contribution in [0.2, 0.25) is 0 Å². The third kappa shape index (κ3) is 3.91. The Kier molecular flexibility index (Phi) is 5.28. The van der Waals surface area contributed by atoms with E-state index in [1.165, 1.54) is 32.1 Å². The third-order valence-corrected chi connectivity index (χ3v) is 4.59. The van der Waals surface area contributed by atoms with Crippen LogP contribution < -0.4 is 10.1 Å². The van der Waals surface area contributed by atoms with Gasteiger partial charge in [0.05, 0.1) is 13.2 Å². The van der Waals surface area contributed by atoms with Gasteiger partial charge in [0.25, 0.3) is 0 Å². The molecule has 1 heterocycles. The molecule has 0 bridgehead atoms. The predicted octanol–water partition coefficient (Wildman–Crippen LogP) is 3.98. The van der Waals surface area contributed by atoms with Gasteiger partial charge in [-0.05, 0) is 25.8 Å². The van der Waals surface area contributed by atoms with Crippen molar-refractivity contribution in [2.45, 2.75) is 57.5 Å². The molecule has 2 aromatic rings. The van der Waals surface area contributed by atoms with Gasteiger partial charge in [-0.3, -0.25) is 0 Å². The molecule has 0 spiro atoms. The zero-order valence-corrected chi connectivity index (χ0v) is 13.9. The van der Waals surface area contributed by atoms with Crippen molar-refractivity contribution >= 4 is 0 Å². The van der Waals surface area contributed by atoms with E-state index in [1.54, 1.807) is 7.11 Å². The van der Waals surface area contributed by atoms with E-state index in [1.807, 2.05) is 25.1 Å². The average Bonchev–Trinajstić information content (AvgIpc) is 3.11. The van der Waals surface area contributed by atoms with E-state index < -0.39 is 0 Å².